The fourth-order valence-electron chi connectivity index (χ4n) is 3.39. The summed E-state index contributed by atoms with van der Waals surface area (Å²) >= 11 is 1.19. The lowest BCUT2D eigenvalue weighted by Crippen LogP contribution is -2.32. The molecule has 1 aliphatic heterocycles. The monoisotopic (exact) mass is 370 g/mol. The summed E-state index contributed by atoms with van der Waals surface area (Å²) in [5.41, 5.74) is 2.73. The maximum Gasteiger partial charge on any atom is 0.287 e. The van der Waals surface area contributed by atoms with E-state index in [4.69, 9.17) is 4.42 Å². The van der Waals surface area contributed by atoms with E-state index in [9.17, 15) is 4.79 Å². The van der Waals surface area contributed by atoms with E-state index in [1.54, 1.807) is 6.07 Å². The van der Waals surface area contributed by atoms with Crippen molar-refractivity contribution in [3.63, 3.8) is 0 Å². The second-order valence-corrected chi connectivity index (χ2v) is 7.27. The van der Waals surface area contributed by atoms with Crippen LogP contribution >= 0.6 is 11.7 Å². The number of likely N-dealkylation sites (tertiary alicyclic amines) is 1. The highest BCUT2D eigenvalue weighted by molar-refractivity contribution is 7.00. The number of piperidine rings is 1. The molecule has 1 atom stereocenters. The molecular weight excluding hydrogens is 348 g/mol. The number of furan rings is 1. The summed E-state index contributed by atoms with van der Waals surface area (Å²) in [4.78, 5) is 14.8. The zero-order valence-corrected chi connectivity index (χ0v) is 15.6. The first-order chi connectivity index (χ1) is 12.7. The summed E-state index contributed by atoms with van der Waals surface area (Å²) in [5.74, 6) is 1.02. The van der Waals surface area contributed by atoms with Gasteiger partial charge in [-0.05, 0) is 62.7 Å². The van der Waals surface area contributed by atoms with E-state index >= 15 is 0 Å². The number of hydrogen-bond acceptors (Lipinski definition) is 6. The number of fused-ring (bicyclic) bond motifs is 1. The third-order valence-electron chi connectivity index (χ3n) is 4.97. The van der Waals surface area contributed by atoms with Gasteiger partial charge in [0.1, 0.15) is 16.8 Å². The van der Waals surface area contributed by atoms with Gasteiger partial charge in [-0.3, -0.25) is 9.69 Å². The van der Waals surface area contributed by atoms with Gasteiger partial charge >= 0.3 is 0 Å². The predicted octanol–water partition coefficient (Wildman–Crippen LogP) is 3.76. The van der Waals surface area contributed by atoms with E-state index in [0.29, 0.717) is 12.3 Å². The normalized spacial score (nSPS) is 16.7. The molecule has 0 radical (unpaired) electrons. The van der Waals surface area contributed by atoms with Crippen LogP contribution in [0.15, 0.2) is 34.7 Å². The van der Waals surface area contributed by atoms with Gasteiger partial charge in [-0.25, -0.2) is 0 Å². The van der Waals surface area contributed by atoms with Gasteiger partial charge in [0.25, 0.3) is 5.91 Å². The Morgan fingerprint density at radius 1 is 1.19 bits per heavy atom. The molecule has 0 saturated carbocycles. The molecule has 1 amide bonds. The minimum atomic E-state index is -0.196. The van der Waals surface area contributed by atoms with E-state index < -0.39 is 0 Å². The van der Waals surface area contributed by atoms with Crippen molar-refractivity contribution < 1.29 is 9.21 Å². The number of hydrogen-bond donors (Lipinski definition) is 1. The molecule has 0 spiro atoms. The van der Waals surface area contributed by atoms with Gasteiger partial charge in [-0.1, -0.05) is 12.5 Å². The smallest absolute Gasteiger partial charge is 0.287 e. The van der Waals surface area contributed by atoms with Crippen LogP contribution in [-0.2, 0) is 6.54 Å². The highest BCUT2D eigenvalue weighted by Gasteiger charge is 2.22. The molecule has 4 rings (SSSR count). The summed E-state index contributed by atoms with van der Waals surface area (Å²) < 4.78 is 14.2. The van der Waals surface area contributed by atoms with Crippen LogP contribution in [0.25, 0.3) is 11.0 Å². The maximum atomic E-state index is 12.4. The zero-order valence-electron chi connectivity index (χ0n) is 14.8. The van der Waals surface area contributed by atoms with E-state index in [1.165, 1.54) is 31.0 Å². The quantitative estimate of drug-likeness (QED) is 0.740. The van der Waals surface area contributed by atoms with Crippen LogP contribution in [0.5, 0.6) is 0 Å². The summed E-state index contributed by atoms with van der Waals surface area (Å²) in [6.45, 7) is 4.77. The summed E-state index contributed by atoms with van der Waals surface area (Å²) in [5, 5.41) is 2.91. The third-order valence-corrected chi connectivity index (χ3v) is 5.53. The number of aromatic nitrogens is 2. The van der Waals surface area contributed by atoms with E-state index in [-0.39, 0.29) is 11.9 Å². The Hall–Kier alpha value is -2.25. The molecule has 136 valence electrons. The molecule has 1 N–H and O–H groups in total. The fraction of sp³-hybridized carbons (Fsp3) is 0.421. The zero-order chi connectivity index (χ0) is 17.9. The van der Waals surface area contributed by atoms with Crippen molar-refractivity contribution in [3.8, 4) is 0 Å². The van der Waals surface area contributed by atoms with Gasteiger partial charge in [0.05, 0.1) is 17.8 Å². The number of nitrogens with one attached hydrogen (secondary N) is 1. The number of benzene rings is 1. The van der Waals surface area contributed by atoms with Crippen molar-refractivity contribution in [1.29, 1.82) is 0 Å². The molecule has 6 nitrogen and oxygen atoms in total. The Labute approximate surface area is 156 Å². The average molecular weight is 370 g/mol. The largest absolute Gasteiger partial charge is 0.454 e. The lowest BCUT2D eigenvalue weighted by Gasteiger charge is -2.31. The van der Waals surface area contributed by atoms with Gasteiger partial charge < -0.3 is 9.73 Å². The summed E-state index contributed by atoms with van der Waals surface area (Å²) in [7, 11) is 0. The Kier molecular flexibility index (Phi) is 4.99. The minimum Gasteiger partial charge on any atom is -0.454 e. The molecule has 0 bridgehead atoms. The predicted molar refractivity (Wildman–Crippen MR) is 101 cm³/mol. The lowest BCUT2D eigenvalue weighted by atomic mass is 10.1. The van der Waals surface area contributed by atoms with E-state index in [0.717, 1.165) is 35.4 Å². The van der Waals surface area contributed by atoms with Crippen molar-refractivity contribution in [2.45, 2.75) is 38.8 Å². The van der Waals surface area contributed by atoms with Gasteiger partial charge in [0, 0.05) is 6.54 Å². The number of carbonyl (C=O) groups excluding carboxylic acids is 1. The molecule has 0 unspecified atom stereocenters. The molecule has 1 aromatic carbocycles. The molecule has 7 heteroatoms. The number of amides is 1. The van der Waals surface area contributed by atoms with Crippen molar-refractivity contribution in [3.05, 3.63) is 47.4 Å². The topological polar surface area (TPSA) is 71.3 Å². The highest BCUT2D eigenvalue weighted by atomic mass is 32.1. The maximum absolute atomic E-state index is 12.4. The van der Waals surface area contributed by atoms with Crippen molar-refractivity contribution in [1.82, 2.24) is 19.0 Å². The van der Waals surface area contributed by atoms with Crippen LogP contribution in [0.2, 0.25) is 0 Å². The molecular formula is C19H22N4O2S. The standard InChI is InChI=1S/C19H22N4O2S/c1-13(23-9-3-2-4-10-23)17-7-8-18(25-17)19(24)20-12-14-5-6-15-16(11-14)22-26-21-15/h5-8,11,13H,2-4,9-10,12H2,1H3,(H,20,24)/t13-/m1/s1. The second-order valence-electron chi connectivity index (χ2n) is 6.74. The minimum absolute atomic E-state index is 0.196. The van der Waals surface area contributed by atoms with E-state index in [1.807, 2.05) is 24.3 Å². The van der Waals surface area contributed by atoms with Crippen molar-refractivity contribution >= 4 is 28.7 Å². The van der Waals surface area contributed by atoms with Crippen LogP contribution < -0.4 is 5.32 Å². The molecule has 3 aromatic rings. The number of rotatable bonds is 5. The second kappa shape index (κ2) is 7.55. The Bertz CT molecular complexity index is 898. The fourth-order valence-corrected chi connectivity index (χ4v) is 3.91. The first-order valence-electron chi connectivity index (χ1n) is 9.04. The molecule has 0 aliphatic carbocycles. The van der Waals surface area contributed by atoms with Crippen molar-refractivity contribution in [2.24, 2.45) is 0 Å². The van der Waals surface area contributed by atoms with Crippen LogP contribution in [-0.4, -0.2) is 32.6 Å². The summed E-state index contributed by atoms with van der Waals surface area (Å²) in [6.07, 6.45) is 3.77. The molecule has 2 aromatic heterocycles. The number of carbonyl (C=O) groups is 1. The summed E-state index contributed by atoms with van der Waals surface area (Å²) in [6, 6.07) is 9.71. The van der Waals surface area contributed by atoms with Gasteiger partial charge in [0.15, 0.2) is 5.76 Å². The molecule has 1 fully saturated rings. The molecule has 26 heavy (non-hydrogen) atoms. The van der Waals surface area contributed by atoms with Gasteiger partial charge in [-0.2, -0.15) is 8.75 Å². The lowest BCUT2D eigenvalue weighted by molar-refractivity contribution is 0.0914. The van der Waals surface area contributed by atoms with Crippen molar-refractivity contribution in [2.75, 3.05) is 13.1 Å². The van der Waals surface area contributed by atoms with Crippen LogP contribution in [0.4, 0.5) is 0 Å². The van der Waals surface area contributed by atoms with Crippen LogP contribution in [0, 0.1) is 0 Å². The Balaban J connectivity index is 1.38. The third kappa shape index (κ3) is 3.64. The first-order valence-corrected chi connectivity index (χ1v) is 9.77. The highest BCUT2D eigenvalue weighted by Crippen LogP contribution is 2.25. The van der Waals surface area contributed by atoms with E-state index in [2.05, 4.69) is 25.9 Å². The average Bonchev–Trinajstić information content (AvgIpc) is 3.35. The SMILES string of the molecule is C[C@H](c1ccc(C(=O)NCc2ccc3nsnc3c2)o1)N1CCCCC1. The molecule has 1 aliphatic rings. The first kappa shape index (κ1) is 17.2. The van der Waals surface area contributed by atoms with Gasteiger partial charge in [0.2, 0.25) is 0 Å². The van der Waals surface area contributed by atoms with Crippen LogP contribution in [0.3, 0.4) is 0 Å². The molecule has 3 heterocycles. The number of nitrogens with zero attached hydrogens (tertiary/aromatic N) is 3. The van der Waals surface area contributed by atoms with Gasteiger partial charge in [-0.15, -0.1) is 0 Å². The van der Waals surface area contributed by atoms with Crippen LogP contribution in [0.1, 0.15) is 54.1 Å². The Morgan fingerprint density at radius 3 is 2.85 bits per heavy atom. The Morgan fingerprint density at radius 2 is 2.00 bits per heavy atom. The molecule has 1 saturated heterocycles.